The first-order chi connectivity index (χ1) is 9.13. The number of nitrogens with zero attached hydrogens (tertiary/aromatic N) is 1. The Morgan fingerprint density at radius 1 is 1.16 bits per heavy atom. The molecule has 0 aromatic heterocycles. The van der Waals surface area contributed by atoms with Gasteiger partial charge in [0.25, 0.3) is 0 Å². The Hall–Kier alpha value is -1.67. The van der Waals surface area contributed by atoms with Crippen LogP contribution >= 0.6 is 0 Å². The van der Waals surface area contributed by atoms with Gasteiger partial charge in [-0.15, -0.1) is 0 Å². The first kappa shape index (κ1) is 12.4. The number of likely N-dealkylation sites (N-methyl/N-ethyl adjacent to an activating group) is 1. The molecule has 0 saturated heterocycles. The second-order valence-electron chi connectivity index (χ2n) is 5.51. The van der Waals surface area contributed by atoms with Crippen LogP contribution in [0.25, 0.3) is 0 Å². The monoisotopic (exact) mass is 255 g/mol. The van der Waals surface area contributed by atoms with Gasteiger partial charge in [-0.25, -0.2) is 4.39 Å². The van der Waals surface area contributed by atoms with E-state index in [1.54, 1.807) is 12.1 Å². The van der Waals surface area contributed by atoms with E-state index in [1.807, 2.05) is 6.07 Å². The average Bonchev–Trinajstić information content (AvgIpc) is 2.37. The third-order valence-corrected chi connectivity index (χ3v) is 3.86. The predicted octanol–water partition coefficient (Wildman–Crippen LogP) is 3.71. The second kappa shape index (κ2) is 4.78. The first-order valence-electron chi connectivity index (χ1n) is 6.67. The van der Waals surface area contributed by atoms with Gasteiger partial charge in [-0.3, -0.25) is 0 Å². The molecule has 2 heteroatoms. The molecule has 1 aliphatic heterocycles. The van der Waals surface area contributed by atoms with Crippen molar-refractivity contribution in [1.82, 2.24) is 4.90 Å². The molecule has 1 aliphatic rings. The lowest BCUT2D eigenvalue weighted by molar-refractivity contribution is 0.295. The van der Waals surface area contributed by atoms with E-state index in [0.717, 1.165) is 18.7 Å². The van der Waals surface area contributed by atoms with E-state index in [4.69, 9.17) is 0 Å². The molecule has 0 bridgehead atoms. The predicted molar refractivity (Wildman–Crippen MR) is 75.8 cm³/mol. The van der Waals surface area contributed by atoms with E-state index < -0.39 is 0 Å². The smallest absolute Gasteiger partial charge is 0.123 e. The minimum atomic E-state index is -0.153. The summed E-state index contributed by atoms with van der Waals surface area (Å²) in [5.41, 5.74) is 5.06. The lowest BCUT2D eigenvalue weighted by atomic mass is 9.84. The molecule has 0 fully saturated rings. The number of fused-ring (bicyclic) bond motifs is 1. The standard InChI is InChI=1S/C17H18FN/c1-12-6-7-16-14(8-12)10-19(2)11-17(16)13-4-3-5-15(18)9-13/h3-9,17H,10-11H2,1-2H3/t17-/m1/s1. The van der Waals surface area contributed by atoms with Crippen molar-refractivity contribution in [3.8, 4) is 0 Å². The summed E-state index contributed by atoms with van der Waals surface area (Å²) in [6.45, 7) is 4.04. The number of rotatable bonds is 1. The van der Waals surface area contributed by atoms with Gasteiger partial charge < -0.3 is 4.90 Å². The maximum atomic E-state index is 13.4. The minimum Gasteiger partial charge on any atom is -0.301 e. The fourth-order valence-electron chi connectivity index (χ4n) is 2.99. The van der Waals surface area contributed by atoms with Crippen molar-refractivity contribution in [3.63, 3.8) is 0 Å². The highest BCUT2D eigenvalue weighted by molar-refractivity contribution is 5.42. The van der Waals surface area contributed by atoms with Crippen LogP contribution in [-0.4, -0.2) is 18.5 Å². The van der Waals surface area contributed by atoms with Gasteiger partial charge in [-0.1, -0.05) is 35.9 Å². The van der Waals surface area contributed by atoms with E-state index >= 15 is 0 Å². The molecule has 1 nitrogen and oxygen atoms in total. The van der Waals surface area contributed by atoms with Crippen molar-refractivity contribution in [2.45, 2.75) is 19.4 Å². The van der Waals surface area contributed by atoms with Crippen LogP contribution in [0.5, 0.6) is 0 Å². The molecule has 0 spiro atoms. The van der Waals surface area contributed by atoms with Crippen molar-refractivity contribution < 1.29 is 4.39 Å². The van der Waals surface area contributed by atoms with Crippen molar-refractivity contribution in [2.24, 2.45) is 0 Å². The van der Waals surface area contributed by atoms with Crippen LogP contribution in [0, 0.1) is 12.7 Å². The number of halogens is 1. The summed E-state index contributed by atoms with van der Waals surface area (Å²) >= 11 is 0. The van der Waals surface area contributed by atoms with Crippen LogP contribution in [0.15, 0.2) is 42.5 Å². The third-order valence-electron chi connectivity index (χ3n) is 3.86. The normalized spacial score (nSPS) is 19.2. The molecule has 0 radical (unpaired) electrons. The molecule has 3 rings (SSSR count). The van der Waals surface area contributed by atoms with Gasteiger partial charge in [-0.05, 0) is 42.8 Å². The fourth-order valence-corrected chi connectivity index (χ4v) is 2.99. The fraction of sp³-hybridized carbons (Fsp3) is 0.294. The van der Waals surface area contributed by atoms with Gasteiger partial charge in [-0.2, -0.15) is 0 Å². The molecule has 2 aromatic carbocycles. The van der Waals surface area contributed by atoms with E-state index in [1.165, 1.54) is 22.8 Å². The zero-order valence-electron chi connectivity index (χ0n) is 11.4. The zero-order valence-corrected chi connectivity index (χ0v) is 11.4. The Morgan fingerprint density at radius 2 is 2.00 bits per heavy atom. The van der Waals surface area contributed by atoms with Gasteiger partial charge >= 0.3 is 0 Å². The van der Waals surface area contributed by atoms with Crippen molar-refractivity contribution in [3.05, 3.63) is 70.5 Å². The minimum absolute atomic E-state index is 0.153. The van der Waals surface area contributed by atoms with Crippen LogP contribution < -0.4 is 0 Å². The van der Waals surface area contributed by atoms with Crippen LogP contribution in [0.4, 0.5) is 4.39 Å². The van der Waals surface area contributed by atoms with E-state index in [-0.39, 0.29) is 11.7 Å². The number of benzene rings is 2. The van der Waals surface area contributed by atoms with Crippen LogP contribution in [0.3, 0.4) is 0 Å². The quantitative estimate of drug-likeness (QED) is 0.751. The molecule has 98 valence electrons. The van der Waals surface area contributed by atoms with E-state index in [2.05, 4.69) is 37.1 Å². The lowest BCUT2D eigenvalue weighted by Crippen LogP contribution is -2.31. The number of aryl methyl sites for hydroxylation is 1. The summed E-state index contributed by atoms with van der Waals surface area (Å²) in [6, 6.07) is 13.6. The summed E-state index contributed by atoms with van der Waals surface area (Å²) in [5, 5.41) is 0. The highest BCUT2D eigenvalue weighted by Gasteiger charge is 2.24. The zero-order chi connectivity index (χ0) is 13.4. The van der Waals surface area contributed by atoms with Crippen LogP contribution in [0.2, 0.25) is 0 Å². The van der Waals surface area contributed by atoms with Crippen molar-refractivity contribution in [2.75, 3.05) is 13.6 Å². The van der Waals surface area contributed by atoms with Gasteiger partial charge in [0, 0.05) is 19.0 Å². The molecule has 1 heterocycles. The number of hydrogen-bond acceptors (Lipinski definition) is 1. The Balaban J connectivity index is 2.08. The average molecular weight is 255 g/mol. The summed E-state index contributed by atoms with van der Waals surface area (Å²) in [4.78, 5) is 2.30. The molecule has 1 atom stereocenters. The maximum Gasteiger partial charge on any atom is 0.123 e. The molecule has 19 heavy (non-hydrogen) atoms. The van der Waals surface area contributed by atoms with Gasteiger partial charge in [0.05, 0.1) is 0 Å². The molecule has 2 aromatic rings. The summed E-state index contributed by atoms with van der Waals surface area (Å²) in [7, 11) is 2.12. The van der Waals surface area contributed by atoms with E-state index in [0.29, 0.717) is 0 Å². The highest BCUT2D eigenvalue weighted by Crippen LogP contribution is 2.33. The highest BCUT2D eigenvalue weighted by atomic mass is 19.1. The second-order valence-corrected chi connectivity index (χ2v) is 5.51. The Kier molecular flexibility index (Phi) is 3.11. The van der Waals surface area contributed by atoms with E-state index in [9.17, 15) is 4.39 Å². The molecular weight excluding hydrogens is 237 g/mol. The lowest BCUT2D eigenvalue weighted by Gasteiger charge is -2.33. The summed E-state index contributed by atoms with van der Waals surface area (Å²) in [5.74, 6) is 0.115. The maximum absolute atomic E-state index is 13.4. The third kappa shape index (κ3) is 2.41. The number of hydrogen-bond donors (Lipinski definition) is 0. The van der Waals surface area contributed by atoms with Crippen molar-refractivity contribution >= 4 is 0 Å². The van der Waals surface area contributed by atoms with Gasteiger partial charge in [0.1, 0.15) is 5.82 Å². The topological polar surface area (TPSA) is 3.24 Å². The molecule has 0 unspecified atom stereocenters. The molecule has 0 amide bonds. The van der Waals surface area contributed by atoms with Crippen molar-refractivity contribution in [1.29, 1.82) is 0 Å². The molecular formula is C17H18FN. The Morgan fingerprint density at radius 3 is 2.79 bits per heavy atom. The molecule has 0 aliphatic carbocycles. The summed E-state index contributed by atoms with van der Waals surface area (Å²) < 4.78 is 13.4. The SMILES string of the molecule is Cc1ccc2c(c1)CN(C)C[C@@H]2c1cccc(F)c1. The largest absolute Gasteiger partial charge is 0.301 e. The Labute approximate surface area is 113 Å². The molecule has 0 N–H and O–H groups in total. The molecule has 0 saturated carbocycles. The summed E-state index contributed by atoms with van der Waals surface area (Å²) in [6.07, 6.45) is 0. The van der Waals surface area contributed by atoms with Crippen LogP contribution in [0.1, 0.15) is 28.2 Å². The van der Waals surface area contributed by atoms with Crippen LogP contribution in [-0.2, 0) is 6.54 Å². The van der Waals surface area contributed by atoms with Gasteiger partial charge in [0.15, 0.2) is 0 Å². The Bertz CT molecular complexity index is 606. The van der Waals surface area contributed by atoms with Gasteiger partial charge in [0.2, 0.25) is 0 Å². The first-order valence-corrected chi connectivity index (χ1v) is 6.67.